The molecule has 0 aromatic heterocycles. The molecule has 2 amide bonds. The van der Waals surface area contributed by atoms with Crippen molar-refractivity contribution < 1.29 is 9.59 Å². The highest BCUT2D eigenvalue weighted by molar-refractivity contribution is 6.09. The molecule has 0 aliphatic rings. The Hall–Kier alpha value is -3.74. The summed E-state index contributed by atoms with van der Waals surface area (Å²) in [5, 5.41) is 4.42. The average molecular weight is 625 g/mol. The monoisotopic (exact) mass is 624 g/mol. The van der Waals surface area contributed by atoms with Gasteiger partial charge in [0.25, 0.3) is 11.8 Å². The predicted octanol–water partition coefficient (Wildman–Crippen LogP) is 8.32. The second kappa shape index (κ2) is 16.2. The van der Waals surface area contributed by atoms with Gasteiger partial charge in [-0.3, -0.25) is 9.59 Å². The lowest BCUT2D eigenvalue weighted by atomic mass is 9.97. The minimum atomic E-state index is 0.117. The molecule has 0 fully saturated rings. The van der Waals surface area contributed by atoms with Gasteiger partial charge in [0.05, 0.1) is 0 Å². The highest BCUT2D eigenvalue weighted by Crippen LogP contribution is 2.28. The summed E-state index contributed by atoms with van der Waals surface area (Å²) in [6.45, 7) is 18.2. The highest BCUT2D eigenvalue weighted by Gasteiger charge is 2.25. The zero-order valence-corrected chi connectivity index (χ0v) is 30.3. The van der Waals surface area contributed by atoms with Gasteiger partial charge < -0.3 is 19.6 Å². The molecule has 0 saturated heterocycles. The lowest BCUT2D eigenvalue weighted by molar-refractivity contribution is 0.0636. The van der Waals surface area contributed by atoms with Crippen LogP contribution in [0.2, 0.25) is 0 Å². The Labute approximate surface area is 278 Å². The first kappa shape index (κ1) is 36.7. The maximum atomic E-state index is 13.2. The van der Waals surface area contributed by atoms with Crippen molar-refractivity contribution in [2.24, 2.45) is 0 Å². The van der Waals surface area contributed by atoms with Crippen LogP contribution in [0.25, 0.3) is 21.5 Å². The van der Waals surface area contributed by atoms with E-state index in [0.717, 1.165) is 45.8 Å². The summed E-state index contributed by atoms with van der Waals surface area (Å²) in [7, 11) is 8.21. The van der Waals surface area contributed by atoms with Gasteiger partial charge in [0, 0.05) is 48.4 Å². The summed E-state index contributed by atoms with van der Waals surface area (Å²) in [5.41, 5.74) is 4.01. The van der Waals surface area contributed by atoms with E-state index in [-0.39, 0.29) is 36.0 Å². The fraction of sp³-hybridized carbons (Fsp3) is 0.450. The normalized spacial score (nSPS) is 11.7. The van der Waals surface area contributed by atoms with Crippen molar-refractivity contribution in [2.75, 3.05) is 28.2 Å². The van der Waals surface area contributed by atoms with Crippen molar-refractivity contribution in [3.8, 4) is 0 Å². The Bertz CT molecular complexity index is 1470. The molecular weight excluding hydrogens is 568 g/mol. The maximum Gasteiger partial charge on any atom is 0.254 e. The average Bonchev–Trinajstić information content (AvgIpc) is 2.95. The molecule has 0 saturated carbocycles. The van der Waals surface area contributed by atoms with Crippen LogP contribution in [0.5, 0.6) is 0 Å². The van der Waals surface area contributed by atoms with E-state index in [1.54, 1.807) is 0 Å². The molecule has 0 N–H and O–H groups in total. The number of benzene rings is 4. The van der Waals surface area contributed by atoms with Crippen LogP contribution in [0.4, 0.5) is 0 Å². The summed E-state index contributed by atoms with van der Waals surface area (Å²) in [6.07, 6.45) is 0. The van der Waals surface area contributed by atoms with E-state index in [9.17, 15) is 9.59 Å². The first-order chi connectivity index (χ1) is 21.6. The first-order valence-electron chi connectivity index (χ1n) is 16.6. The van der Waals surface area contributed by atoms with Crippen LogP contribution in [0.15, 0.2) is 72.8 Å². The largest absolute Gasteiger partial charge is 0.334 e. The molecule has 0 aliphatic carbocycles. The second-order valence-electron chi connectivity index (χ2n) is 13.9. The molecule has 0 radical (unpaired) electrons. The van der Waals surface area contributed by atoms with Crippen molar-refractivity contribution >= 4 is 33.4 Å². The Balaban J connectivity index is 0.000000250. The van der Waals surface area contributed by atoms with Gasteiger partial charge in [-0.05, 0) is 128 Å². The third-order valence-electron chi connectivity index (χ3n) is 8.11. The molecule has 248 valence electrons. The van der Waals surface area contributed by atoms with E-state index in [4.69, 9.17) is 0 Å². The summed E-state index contributed by atoms with van der Waals surface area (Å²) < 4.78 is 0. The first-order valence-corrected chi connectivity index (χ1v) is 16.6. The zero-order valence-electron chi connectivity index (χ0n) is 30.3. The molecule has 4 rings (SSSR count). The SMILES string of the molecule is CC(C)N(C(=O)c1cccc2cccc(CN(C)C)c12)C(C)C.CC(C)N(C(=O)c1cccc2cccc(CN(C)C)c12)C(C)C. The number of fused-ring (bicyclic) bond motifs is 2. The third kappa shape index (κ3) is 8.74. The molecule has 6 heteroatoms. The maximum absolute atomic E-state index is 13.2. The molecule has 0 heterocycles. The van der Waals surface area contributed by atoms with Crippen LogP contribution in [0.3, 0.4) is 0 Å². The van der Waals surface area contributed by atoms with Gasteiger partial charge in [-0.15, -0.1) is 0 Å². The van der Waals surface area contributed by atoms with Crippen molar-refractivity contribution in [1.82, 2.24) is 19.6 Å². The van der Waals surface area contributed by atoms with Gasteiger partial charge in [0.1, 0.15) is 0 Å². The smallest absolute Gasteiger partial charge is 0.254 e. The quantitative estimate of drug-likeness (QED) is 0.178. The minimum absolute atomic E-state index is 0.117. The number of hydrogen-bond acceptors (Lipinski definition) is 4. The van der Waals surface area contributed by atoms with Crippen molar-refractivity contribution in [3.05, 3.63) is 95.1 Å². The van der Waals surface area contributed by atoms with Crippen LogP contribution in [0.1, 0.15) is 87.2 Å². The fourth-order valence-electron chi connectivity index (χ4n) is 6.55. The third-order valence-corrected chi connectivity index (χ3v) is 8.11. The topological polar surface area (TPSA) is 47.1 Å². The number of amides is 2. The predicted molar refractivity (Wildman–Crippen MR) is 196 cm³/mol. The number of carbonyl (C=O) groups excluding carboxylic acids is 2. The van der Waals surface area contributed by atoms with E-state index in [1.807, 2.05) is 34.1 Å². The number of hydrogen-bond donors (Lipinski definition) is 0. The Morgan fingerprint density at radius 3 is 1.02 bits per heavy atom. The molecule has 0 atom stereocenters. The Kier molecular flexibility index (Phi) is 12.9. The van der Waals surface area contributed by atoms with E-state index in [1.165, 1.54) is 11.1 Å². The highest BCUT2D eigenvalue weighted by atomic mass is 16.2. The van der Waals surface area contributed by atoms with Crippen molar-refractivity contribution in [2.45, 2.75) is 92.6 Å². The lowest BCUT2D eigenvalue weighted by Gasteiger charge is -2.31. The standard InChI is InChI=1S/2C20H28N2O/c2*1-14(2)22(15(3)4)20(23)18-12-8-10-16-9-7-11-17(19(16)18)13-21(5)6/h2*7-12,14-15H,13H2,1-6H3. The van der Waals surface area contributed by atoms with Crippen LogP contribution in [-0.4, -0.2) is 83.8 Å². The number of nitrogens with zero attached hydrogens (tertiary/aromatic N) is 4. The van der Waals surface area contributed by atoms with E-state index >= 15 is 0 Å². The molecule has 6 nitrogen and oxygen atoms in total. The molecule has 46 heavy (non-hydrogen) atoms. The van der Waals surface area contributed by atoms with Gasteiger partial charge >= 0.3 is 0 Å². The van der Waals surface area contributed by atoms with Gasteiger partial charge in [-0.1, -0.05) is 60.7 Å². The van der Waals surface area contributed by atoms with E-state index in [2.05, 4.69) is 142 Å². The molecule has 4 aromatic rings. The second-order valence-corrected chi connectivity index (χ2v) is 13.9. The molecule has 4 aromatic carbocycles. The minimum Gasteiger partial charge on any atom is -0.334 e. The molecule has 0 unspecified atom stereocenters. The van der Waals surface area contributed by atoms with Crippen LogP contribution in [-0.2, 0) is 13.1 Å². The molecular formula is C40H56N4O2. The Morgan fingerprint density at radius 1 is 0.478 bits per heavy atom. The summed E-state index contributed by atoms with van der Waals surface area (Å²) in [5.74, 6) is 0.235. The summed E-state index contributed by atoms with van der Waals surface area (Å²) in [6, 6.07) is 25.3. The zero-order chi connectivity index (χ0) is 34.3. The molecule has 0 bridgehead atoms. The van der Waals surface area contributed by atoms with Gasteiger partial charge in [-0.25, -0.2) is 0 Å². The summed E-state index contributed by atoms with van der Waals surface area (Å²) >= 11 is 0. The van der Waals surface area contributed by atoms with Crippen molar-refractivity contribution in [3.63, 3.8) is 0 Å². The molecule has 0 aliphatic heterocycles. The summed E-state index contributed by atoms with van der Waals surface area (Å²) in [4.78, 5) is 34.6. The van der Waals surface area contributed by atoms with E-state index in [0.29, 0.717) is 0 Å². The van der Waals surface area contributed by atoms with Crippen LogP contribution >= 0.6 is 0 Å². The van der Waals surface area contributed by atoms with Gasteiger partial charge in [-0.2, -0.15) is 0 Å². The fourth-order valence-corrected chi connectivity index (χ4v) is 6.55. The van der Waals surface area contributed by atoms with Crippen LogP contribution < -0.4 is 0 Å². The van der Waals surface area contributed by atoms with E-state index < -0.39 is 0 Å². The molecule has 0 spiro atoms. The van der Waals surface area contributed by atoms with Gasteiger partial charge in [0.15, 0.2) is 0 Å². The number of carbonyl (C=O) groups is 2. The van der Waals surface area contributed by atoms with Crippen molar-refractivity contribution in [1.29, 1.82) is 0 Å². The Morgan fingerprint density at radius 2 is 0.761 bits per heavy atom. The van der Waals surface area contributed by atoms with Crippen LogP contribution in [0, 0.1) is 0 Å². The van der Waals surface area contributed by atoms with Gasteiger partial charge in [0.2, 0.25) is 0 Å². The number of rotatable bonds is 10. The lowest BCUT2D eigenvalue weighted by Crippen LogP contribution is -2.42.